The highest BCUT2D eigenvalue weighted by Crippen LogP contribution is 2.40. The van der Waals surface area contributed by atoms with E-state index < -0.39 is 11.6 Å². The first-order valence-corrected chi connectivity index (χ1v) is 8.55. The Hall–Kier alpha value is -3.42. The Balaban J connectivity index is 1.81. The zero-order chi connectivity index (χ0) is 19.8. The van der Waals surface area contributed by atoms with Crippen molar-refractivity contribution in [1.29, 1.82) is 0 Å². The van der Waals surface area contributed by atoms with Crippen molar-refractivity contribution in [2.24, 2.45) is 0 Å². The highest BCUT2D eigenvalue weighted by atomic mass is 19.1. The van der Waals surface area contributed by atoms with Crippen molar-refractivity contribution in [2.45, 2.75) is 12.3 Å². The summed E-state index contributed by atoms with van der Waals surface area (Å²) in [6.07, 6.45) is 1.63. The summed E-state index contributed by atoms with van der Waals surface area (Å²) in [7, 11) is 3.08. The van der Waals surface area contributed by atoms with Crippen molar-refractivity contribution in [1.82, 2.24) is 9.55 Å². The minimum absolute atomic E-state index is 0.191. The number of rotatable bonds is 4. The van der Waals surface area contributed by atoms with Gasteiger partial charge < -0.3 is 14.8 Å². The van der Waals surface area contributed by atoms with Gasteiger partial charge in [0.05, 0.1) is 25.6 Å². The zero-order valence-corrected chi connectivity index (χ0v) is 15.2. The van der Waals surface area contributed by atoms with E-state index in [4.69, 9.17) is 9.47 Å². The number of nitrogens with zero attached hydrogens (tertiary/aromatic N) is 2. The second-order valence-electron chi connectivity index (χ2n) is 6.40. The van der Waals surface area contributed by atoms with Crippen molar-refractivity contribution < 1.29 is 23.0 Å². The highest BCUT2D eigenvalue weighted by molar-refractivity contribution is 5.94. The molecule has 0 aliphatic carbocycles. The van der Waals surface area contributed by atoms with Gasteiger partial charge in [0.25, 0.3) is 0 Å². The molecule has 3 aromatic rings. The lowest BCUT2D eigenvalue weighted by Gasteiger charge is -2.24. The van der Waals surface area contributed by atoms with Crippen LogP contribution in [0.15, 0.2) is 42.7 Å². The summed E-state index contributed by atoms with van der Waals surface area (Å²) in [6, 6.07) is 8.55. The van der Waals surface area contributed by atoms with Gasteiger partial charge in [0.15, 0.2) is 11.5 Å². The first kappa shape index (κ1) is 18.0. The van der Waals surface area contributed by atoms with E-state index in [1.807, 2.05) is 6.07 Å². The van der Waals surface area contributed by atoms with Crippen LogP contribution in [0.1, 0.15) is 23.6 Å². The SMILES string of the molecule is COc1ccc([C@H]2CC(=O)Nc3c2ncn3-c2cc(F)cc(F)c2)cc1OC. The van der Waals surface area contributed by atoms with E-state index in [9.17, 15) is 13.6 Å². The highest BCUT2D eigenvalue weighted by Gasteiger charge is 2.31. The molecule has 8 heteroatoms. The van der Waals surface area contributed by atoms with Crippen LogP contribution in [0.5, 0.6) is 11.5 Å². The standard InChI is InChI=1S/C20H17F2N3O3/c1-27-16-4-3-11(5-17(16)28-2)15-9-18(26)24-20-19(15)23-10-25(20)14-7-12(21)6-13(22)8-14/h3-8,10,15H,9H2,1-2H3,(H,24,26)/t15-/m1/s1. The van der Waals surface area contributed by atoms with Crippen LogP contribution in [0.2, 0.25) is 0 Å². The summed E-state index contributed by atoms with van der Waals surface area (Å²) in [5.41, 5.74) is 1.67. The van der Waals surface area contributed by atoms with Crippen LogP contribution in [0.25, 0.3) is 5.69 Å². The number of methoxy groups -OCH3 is 2. The predicted molar refractivity (Wildman–Crippen MR) is 98.1 cm³/mol. The van der Waals surface area contributed by atoms with Crippen molar-refractivity contribution in [3.8, 4) is 17.2 Å². The number of fused-ring (bicyclic) bond motifs is 1. The maximum atomic E-state index is 13.6. The molecule has 2 aromatic carbocycles. The third-order valence-corrected chi connectivity index (χ3v) is 4.71. The van der Waals surface area contributed by atoms with E-state index >= 15 is 0 Å². The Morgan fingerprint density at radius 2 is 1.79 bits per heavy atom. The van der Waals surface area contributed by atoms with Crippen LogP contribution in [-0.2, 0) is 4.79 Å². The predicted octanol–water partition coefficient (Wildman–Crippen LogP) is 3.64. The third-order valence-electron chi connectivity index (χ3n) is 4.71. The Kier molecular flexibility index (Phi) is 4.46. The molecule has 1 atom stereocenters. The molecule has 0 fully saturated rings. The number of nitrogens with one attached hydrogen (secondary N) is 1. The van der Waals surface area contributed by atoms with Crippen LogP contribution >= 0.6 is 0 Å². The Morgan fingerprint density at radius 1 is 1.07 bits per heavy atom. The molecule has 4 rings (SSSR count). The molecule has 1 aliphatic rings. The van der Waals surface area contributed by atoms with Gasteiger partial charge in [-0.25, -0.2) is 13.8 Å². The van der Waals surface area contributed by atoms with E-state index in [-0.39, 0.29) is 23.9 Å². The van der Waals surface area contributed by atoms with Gasteiger partial charge in [0, 0.05) is 18.4 Å². The maximum absolute atomic E-state index is 13.6. The number of anilines is 1. The number of amides is 1. The molecule has 0 saturated heterocycles. The number of imidazole rings is 1. The molecule has 1 aromatic heterocycles. The molecule has 144 valence electrons. The molecule has 1 aliphatic heterocycles. The molecule has 2 heterocycles. The average molecular weight is 385 g/mol. The average Bonchev–Trinajstić information content (AvgIpc) is 3.09. The summed E-state index contributed by atoms with van der Waals surface area (Å²) in [5, 5.41) is 2.76. The van der Waals surface area contributed by atoms with Crippen LogP contribution in [0, 0.1) is 11.6 Å². The van der Waals surface area contributed by atoms with E-state index in [2.05, 4.69) is 10.3 Å². The summed E-state index contributed by atoms with van der Waals surface area (Å²) >= 11 is 0. The van der Waals surface area contributed by atoms with Gasteiger partial charge in [0.1, 0.15) is 23.8 Å². The fraction of sp³-hybridized carbons (Fsp3) is 0.200. The van der Waals surface area contributed by atoms with E-state index in [1.54, 1.807) is 19.2 Å². The van der Waals surface area contributed by atoms with Crippen molar-refractivity contribution in [3.63, 3.8) is 0 Å². The molecular formula is C20H17F2N3O3. The molecule has 6 nitrogen and oxygen atoms in total. The zero-order valence-electron chi connectivity index (χ0n) is 15.2. The van der Waals surface area contributed by atoms with E-state index in [0.29, 0.717) is 23.0 Å². The second kappa shape index (κ2) is 6.95. The molecular weight excluding hydrogens is 368 g/mol. The first-order valence-electron chi connectivity index (χ1n) is 8.55. The molecule has 0 unspecified atom stereocenters. The smallest absolute Gasteiger partial charge is 0.226 e. The van der Waals surface area contributed by atoms with Gasteiger partial charge in [-0.05, 0) is 29.8 Å². The Morgan fingerprint density at radius 3 is 2.46 bits per heavy atom. The van der Waals surface area contributed by atoms with Crippen LogP contribution in [0.3, 0.4) is 0 Å². The summed E-state index contributed by atoms with van der Waals surface area (Å²) in [5.74, 6) is -0.464. The number of hydrogen-bond acceptors (Lipinski definition) is 4. The van der Waals surface area contributed by atoms with Crippen LogP contribution in [0.4, 0.5) is 14.6 Å². The maximum Gasteiger partial charge on any atom is 0.226 e. The van der Waals surface area contributed by atoms with E-state index in [1.165, 1.54) is 30.1 Å². The summed E-state index contributed by atoms with van der Waals surface area (Å²) in [4.78, 5) is 16.8. The number of carbonyl (C=O) groups excluding carboxylic acids is 1. The van der Waals surface area contributed by atoms with Crippen LogP contribution in [-0.4, -0.2) is 29.7 Å². The monoisotopic (exact) mass is 385 g/mol. The third kappa shape index (κ3) is 3.06. The largest absolute Gasteiger partial charge is 0.493 e. The minimum atomic E-state index is -0.712. The second-order valence-corrected chi connectivity index (χ2v) is 6.40. The molecule has 0 saturated carbocycles. The van der Waals surface area contributed by atoms with Crippen LogP contribution < -0.4 is 14.8 Å². The Bertz CT molecular complexity index is 1040. The molecule has 0 bridgehead atoms. The van der Waals surface area contributed by atoms with Gasteiger partial charge >= 0.3 is 0 Å². The summed E-state index contributed by atoms with van der Waals surface area (Å²) < 4.78 is 39.3. The molecule has 1 amide bonds. The topological polar surface area (TPSA) is 65.4 Å². The van der Waals surface area contributed by atoms with Crippen molar-refractivity contribution >= 4 is 11.7 Å². The molecule has 1 N–H and O–H groups in total. The molecule has 0 radical (unpaired) electrons. The fourth-order valence-corrected chi connectivity index (χ4v) is 3.43. The number of carbonyl (C=O) groups is 1. The van der Waals surface area contributed by atoms with E-state index in [0.717, 1.165) is 11.6 Å². The quantitative estimate of drug-likeness (QED) is 0.745. The first-order chi connectivity index (χ1) is 13.5. The lowest BCUT2D eigenvalue weighted by atomic mass is 9.89. The van der Waals surface area contributed by atoms with Crippen molar-refractivity contribution in [3.05, 3.63) is 65.6 Å². The number of aromatic nitrogens is 2. The lowest BCUT2D eigenvalue weighted by Crippen LogP contribution is -2.25. The number of benzene rings is 2. The van der Waals surface area contributed by atoms with Gasteiger partial charge in [-0.2, -0.15) is 0 Å². The number of halogens is 2. The Labute approximate surface area is 159 Å². The van der Waals surface area contributed by atoms with Crippen molar-refractivity contribution in [2.75, 3.05) is 19.5 Å². The molecule has 0 spiro atoms. The lowest BCUT2D eigenvalue weighted by molar-refractivity contribution is -0.116. The minimum Gasteiger partial charge on any atom is -0.493 e. The van der Waals surface area contributed by atoms with Gasteiger partial charge in [-0.1, -0.05) is 6.07 Å². The van der Waals surface area contributed by atoms with Gasteiger partial charge in [0.2, 0.25) is 5.91 Å². The summed E-state index contributed by atoms with van der Waals surface area (Å²) in [6.45, 7) is 0. The normalized spacial score (nSPS) is 15.7. The fourth-order valence-electron chi connectivity index (χ4n) is 3.43. The van der Waals surface area contributed by atoms with Gasteiger partial charge in [-0.3, -0.25) is 9.36 Å². The van der Waals surface area contributed by atoms with Gasteiger partial charge in [-0.15, -0.1) is 0 Å². The number of ether oxygens (including phenoxy) is 2. The molecule has 28 heavy (non-hydrogen) atoms. The number of hydrogen-bond donors (Lipinski definition) is 1.